The first kappa shape index (κ1) is 20.1. The van der Waals surface area contributed by atoms with Crippen LogP contribution in [0.15, 0.2) is 0 Å². The van der Waals surface area contributed by atoms with Crippen LogP contribution < -0.4 is 9.80 Å². The Hall–Kier alpha value is -2.19. The Morgan fingerprint density at radius 2 is 1.83 bits per heavy atom. The molecule has 0 bridgehead atoms. The summed E-state index contributed by atoms with van der Waals surface area (Å²) < 4.78 is 34.4. The van der Waals surface area contributed by atoms with E-state index in [1.165, 1.54) is 0 Å². The molecule has 3 aliphatic rings. The van der Waals surface area contributed by atoms with Crippen molar-refractivity contribution in [1.82, 2.24) is 14.9 Å². The number of carbonyl (C=O) groups is 1. The van der Waals surface area contributed by atoms with Gasteiger partial charge < -0.3 is 19.4 Å². The summed E-state index contributed by atoms with van der Waals surface area (Å²) in [6, 6.07) is 0.264. The quantitative estimate of drug-likeness (QED) is 0.748. The Balaban J connectivity index is 1.55. The van der Waals surface area contributed by atoms with E-state index in [-0.39, 0.29) is 30.7 Å². The zero-order valence-corrected chi connectivity index (χ0v) is 17.5. The molecule has 0 saturated carbocycles. The highest BCUT2D eigenvalue weighted by Crippen LogP contribution is 2.45. The van der Waals surface area contributed by atoms with Crippen LogP contribution in [0.5, 0.6) is 0 Å². The molecule has 1 aromatic heterocycles. The van der Waals surface area contributed by atoms with Crippen LogP contribution in [0.4, 0.5) is 25.3 Å². The predicted octanol–water partition coefficient (Wildman–Crippen LogP) is 3.17. The summed E-state index contributed by atoms with van der Waals surface area (Å²) in [5.74, 6) is -1.91. The Morgan fingerprint density at radius 3 is 2.38 bits per heavy atom. The number of nitrogens with zero attached hydrogens (tertiary/aromatic N) is 5. The number of carbonyl (C=O) groups excluding carboxylic acids is 1. The lowest BCUT2D eigenvalue weighted by molar-refractivity contribution is -0.00596. The SMILES string of the molecule is C[C@H]1CCN1c1nc(N2CCN(C(=O)OC(C)(C)C)CC2)c2c(n1)C(F)(F)CC2. The second-order valence-corrected chi connectivity index (χ2v) is 9.16. The lowest BCUT2D eigenvalue weighted by atomic mass is 10.1. The summed E-state index contributed by atoms with van der Waals surface area (Å²) >= 11 is 0. The molecular formula is C20H29F2N5O2. The number of amides is 1. The molecule has 0 radical (unpaired) electrons. The third kappa shape index (κ3) is 3.83. The largest absolute Gasteiger partial charge is 0.444 e. The number of hydrogen-bond donors (Lipinski definition) is 0. The van der Waals surface area contributed by atoms with Crippen LogP contribution in [0.1, 0.15) is 51.8 Å². The first-order valence-corrected chi connectivity index (χ1v) is 10.3. The summed E-state index contributed by atoms with van der Waals surface area (Å²) in [6.07, 6.45) is 0.730. The van der Waals surface area contributed by atoms with E-state index in [1.54, 1.807) is 4.90 Å². The molecule has 4 rings (SSSR count). The van der Waals surface area contributed by atoms with E-state index in [2.05, 4.69) is 11.9 Å². The highest BCUT2D eigenvalue weighted by Gasteiger charge is 2.45. The molecule has 0 aromatic carbocycles. The van der Waals surface area contributed by atoms with Gasteiger partial charge in [0.15, 0.2) is 0 Å². The van der Waals surface area contributed by atoms with Crippen molar-refractivity contribution in [3.63, 3.8) is 0 Å². The number of alkyl halides is 2. The fourth-order valence-corrected chi connectivity index (χ4v) is 4.02. The molecule has 3 heterocycles. The average Bonchev–Trinajstić information content (AvgIpc) is 2.94. The number of halogens is 2. The Morgan fingerprint density at radius 1 is 1.14 bits per heavy atom. The van der Waals surface area contributed by atoms with Crippen molar-refractivity contribution < 1.29 is 18.3 Å². The molecule has 2 fully saturated rings. The van der Waals surface area contributed by atoms with E-state index < -0.39 is 11.5 Å². The second-order valence-electron chi connectivity index (χ2n) is 9.16. The normalized spacial score (nSPS) is 23.7. The molecular weight excluding hydrogens is 380 g/mol. The molecule has 2 saturated heterocycles. The van der Waals surface area contributed by atoms with E-state index in [0.29, 0.717) is 43.5 Å². The molecule has 0 N–H and O–H groups in total. The Kier molecular flexibility index (Phi) is 4.82. The summed E-state index contributed by atoms with van der Waals surface area (Å²) in [4.78, 5) is 26.9. The van der Waals surface area contributed by atoms with E-state index in [1.807, 2.05) is 30.6 Å². The van der Waals surface area contributed by atoms with Gasteiger partial charge in [-0.1, -0.05) is 0 Å². The number of fused-ring (bicyclic) bond motifs is 1. The first-order chi connectivity index (χ1) is 13.5. The standard InChI is InChI=1S/C20H29F2N5O2/c1-13-6-8-27(13)17-23-15-14(5-7-20(15,21)22)16(24-17)25-9-11-26(12-10-25)18(28)29-19(2,3)4/h13H,5-12H2,1-4H3/t13-/m0/s1. The average molecular weight is 409 g/mol. The zero-order chi connectivity index (χ0) is 21.0. The molecule has 29 heavy (non-hydrogen) atoms. The second kappa shape index (κ2) is 6.95. The first-order valence-electron chi connectivity index (χ1n) is 10.3. The monoisotopic (exact) mass is 409 g/mol. The number of rotatable bonds is 2. The molecule has 1 atom stereocenters. The number of aromatic nitrogens is 2. The summed E-state index contributed by atoms with van der Waals surface area (Å²) in [5.41, 5.74) is -0.111. The third-order valence-corrected chi connectivity index (χ3v) is 5.82. The molecule has 0 spiro atoms. The van der Waals surface area contributed by atoms with Crippen molar-refractivity contribution in [2.24, 2.45) is 0 Å². The maximum Gasteiger partial charge on any atom is 0.410 e. The van der Waals surface area contributed by atoms with Gasteiger partial charge in [-0.15, -0.1) is 0 Å². The fourth-order valence-electron chi connectivity index (χ4n) is 4.02. The van der Waals surface area contributed by atoms with Crippen molar-refractivity contribution in [2.45, 2.75) is 64.5 Å². The maximum atomic E-state index is 14.5. The van der Waals surface area contributed by atoms with Crippen LogP contribution in [0.25, 0.3) is 0 Å². The molecule has 1 aliphatic carbocycles. The van der Waals surface area contributed by atoms with E-state index in [4.69, 9.17) is 9.72 Å². The summed E-state index contributed by atoms with van der Waals surface area (Å²) in [7, 11) is 0. The molecule has 2 aliphatic heterocycles. The lowest BCUT2D eigenvalue weighted by Crippen LogP contribution is -2.51. The van der Waals surface area contributed by atoms with Crippen LogP contribution in [0.3, 0.4) is 0 Å². The van der Waals surface area contributed by atoms with Gasteiger partial charge in [-0.25, -0.2) is 9.78 Å². The number of ether oxygens (including phenoxy) is 1. The van der Waals surface area contributed by atoms with Gasteiger partial charge in [0.1, 0.15) is 17.1 Å². The molecule has 160 valence electrons. The van der Waals surface area contributed by atoms with Crippen molar-refractivity contribution >= 4 is 17.9 Å². The molecule has 9 heteroatoms. The third-order valence-electron chi connectivity index (χ3n) is 5.82. The van der Waals surface area contributed by atoms with Crippen LogP contribution >= 0.6 is 0 Å². The smallest absolute Gasteiger partial charge is 0.410 e. The van der Waals surface area contributed by atoms with Crippen molar-refractivity contribution in [3.8, 4) is 0 Å². The fraction of sp³-hybridized carbons (Fsp3) is 0.750. The minimum Gasteiger partial charge on any atom is -0.444 e. The Bertz CT molecular complexity index is 803. The Labute approximate surface area is 170 Å². The highest BCUT2D eigenvalue weighted by molar-refractivity contribution is 5.69. The number of anilines is 2. The molecule has 7 nitrogen and oxygen atoms in total. The van der Waals surface area contributed by atoms with Crippen LogP contribution in [-0.4, -0.2) is 65.3 Å². The van der Waals surface area contributed by atoms with Crippen molar-refractivity contribution in [2.75, 3.05) is 42.5 Å². The predicted molar refractivity (Wildman–Crippen MR) is 106 cm³/mol. The van der Waals surface area contributed by atoms with Gasteiger partial charge >= 0.3 is 6.09 Å². The minimum atomic E-state index is -2.91. The number of hydrogen-bond acceptors (Lipinski definition) is 6. The maximum absolute atomic E-state index is 14.5. The van der Waals surface area contributed by atoms with Crippen molar-refractivity contribution in [1.29, 1.82) is 0 Å². The lowest BCUT2D eigenvalue weighted by Gasteiger charge is -2.40. The molecule has 1 aromatic rings. The van der Waals surface area contributed by atoms with E-state index >= 15 is 0 Å². The highest BCUT2D eigenvalue weighted by atomic mass is 19.3. The van der Waals surface area contributed by atoms with Gasteiger partial charge in [0.25, 0.3) is 5.92 Å². The molecule has 0 unspecified atom stereocenters. The van der Waals surface area contributed by atoms with Crippen LogP contribution in [0, 0.1) is 0 Å². The van der Waals surface area contributed by atoms with Gasteiger partial charge in [0, 0.05) is 50.7 Å². The van der Waals surface area contributed by atoms with Gasteiger partial charge in [-0.05, 0) is 40.5 Å². The topological polar surface area (TPSA) is 61.8 Å². The summed E-state index contributed by atoms with van der Waals surface area (Å²) in [6.45, 7) is 10.4. The van der Waals surface area contributed by atoms with Crippen molar-refractivity contribution in [3.05, 3.63) is 11.3 Å². The van der Waals surface area contributed by atoms with Crippen LogP contribution in [-0.2, 0) is 17.1 Å². The van der Waals surface area contributed by atoms with E-state index in [9.17, 15) is 13.6 Å². The van der Waals surface area contributed by atoms with Gasteiger partial charge in [-0.3, -0.25) is 0 Å². The van der Waals surface area contributed by atoms with Gasteiger partial charge in [0.2, 0.25) is 5.95 Å². The van der Waals surface area contributed by atoms with Gasteiger partial charge in [0.05, 0.1) is 0 Å². The summed E-state index contributed by atoms with van der Waals surface area (Å²) in [5, 5.41) is 0. The zero-order valence-electron chi connectivity index (χ0n) is 17.5. The van der Waals surface area contributed by atoms with Gasteiger partial charge in [-0.2, -0.15) is 13.8 Å². The molecule has 1 amide bonds. The minimum absolute atomic E-state index is 0.119. The number of piperazine rings is 1. The van der Waals surface area contributed by atoms with Crippen LogP contribution in [0.2, 0.25) is 0 Å². The van der Waals surface area contributed by atoms with E-state index in [0.717, 1.165) is 13.0 Å².